The predicted octanol–water partition coefficient (Wildman–Crippen LogP) is 3.80. The smallest absolute Gasteiger partial charge is 0.418 e. The highest BCUT2D eigenvalue weighted by Gasteiger charge is 2.58. The van der Waals surface area contributed by atoms with Crippen LogP contribution in [0, 0.1) is 17.1 Å². The topological polar surface area (TPSA) is 132 Å². The summed E-state index contributed by atoms with van der Waals surface area (Å²) in [5, 5.41) is 14.5. The van der Waals surface area contributed by atoms with Gasteiger partial charge in [0.2, 0.25) is 11.5 Å². The van der Waals surface area contributed by atoms with Crippen molar-refractivity contribution in [2.75, 3.05) is 23.8 Å². The Morgan fingerprint density at radius 1 is 1.12 bits per heavy atom. The van der Waals surface area contributed by atoms with Gasteiger partial charge in [-0.05, 0) is 60.0 Å². The number of fused-ring (bicyclic) bond motifs is 2. The number of ether oxygens (including phenoxy) is 1. The van der Waals surface area contributed by atoms with E-state index in [-0.39, 0.29) is 13.0 Å². The number of carbonyl (C=O) groups is 4. The fourth-order valence-corrected chi connectivity index (χ4v) is 4.98. The summed E-state index contributed by atoms with van der Waals surface area (Å²) in [6, 6.07) is 18.5. The lowest BCUT2D eigenvalue weighted by molar-refractivity contribution is -0.139. The van der Waals surface area contributed by atoms with Crippen LogP contribution in [0.1, 0.15) is 28.7 Å². The molecule has 0 unspecified atom stereocenters. The number of nitriles is 1. The van der Waals surface area contributed by atoms with E-state index in [1.807, 2.05) is 6.07 Å². The summed E-state index contributed by atoms with van der Waals surface area (Å²) < 4.78 is 19.1. The number of nitrogens with one attached hydrogen (secondary N) is 2. The van der Waals surface area contributed by atoms with Gasteiger partial charge < -0.3 is 20.3 Å². The van der Waals surface area contributed by atoms with Gasteiger partial charge in [-0.3, -0.25) is 9.59 Å². The van der Waals surface area contributed by atoms with E-state index >= 15 is 0 Å². The highest BCUT2D eigenvalue weighted by Crippen LogP contribution is 2.46. The van der Waals surface area contributed by atoms with Gasteiger partial charge in [-0.1, -0.05) is 24.3 Å². The molecule has 1 aliphatic carbocycles. The Morgan fingerprint density at radius 2 is 1.90 bits per heavy atom. The molecule has 11 heteroatoms. The summed E-state index contributed by atoms with van der Waals surface area (Å²) >= 11 is 0. The number of carbonyl (C=O) groups excluding carboxylic acids is 4. The monoisotopic (exact) mass is 541 g/mol. The van der Waals surface area contributed by atoms with Crippen LogP contribution in [0.3, 0.4) is 0 Å². The van der Waals surface area contributed by atoms with Crippen molar-refractivity contribution in [1.82, 2.24) is 10.2 Å². The van der Waals surface area contributed by atoms with E-state index in [1.165, 1.54) is 42.3 Å². The quantitative estimate of drug-likeness (QED) is 0.488. The minimum absolute atomic E-state index is 0.0141. The zero-order chi connectivity index (χ0) is 28.4. The molecule has 5 rings (SSSR count). The van der Waals surface area contributed by atoms with E-state index in [0.717, 1.165) is 10.5 Å². The average Bonchev–Trinajstić information content (AvgIpc) is 3.44. The first-order chi connectivity index (χ1) is 19.2. The molecular weight excluding hydrogens is 517 g/mol. The van der Waals surface area contributed by atoms with Crippen LogP contribution in [0.2, 0.25) is 0 Å². The Balaban J connectivity index is 1.40. The maximum Gasteiger partial charge on any atom is 0.418 e. The Morgan fingerprint density at radius 3 is 2.62 bits per heavy atom. The van der Waals surface area contributed by atoms with Crippen LogP contribution in [0.4, 0.5) is 25.4 Å². The van der Waals surface area contributed by atoms with Gasteiger partial charge in [-0.25, -0.2) is 18.9 Å². The molecule has 202 valence electrons. The summed E-state index contributed by atoms with van der Waals surface area (Å²) in [7, 11) is 1.49. The Kier molecular flexibility index (Phi) is 6.92. The zero-order valence-corrected chi connectivity index (χ0v) is 21.4. The predicted molar refractivity (Wildman–Crippen MR) is 141 cm³/mol. The fraction of sp³-hybridized carbons (Fsp3) is 0.207. The van der Waals surface area contributed by atoms with Crippen molar-refractivity contribution < 1.29 is 28.3 Å². The van der Waals surface area contributed by atoms with Gasteiger partial charge in [0.1, 0.15) is 12.4 Å². The number of benzene rings is 3. The SMILES string of the molecule is CNC(=O)Nc1ccc2c(c1)CC[C@@]21OC(=O)N(CC(=O)N(Cc2ccc(F)cc2)c2cccc(C#N)c2)C1=O. The molecule has 3 aromatic rings. The second-order valence-electron chi connectivity index (χ2n) is 9.43. The average molecular weight is 542 g/mol. The van der Waals surface area contributed by atoms with Crippen molar-refractivity contribution in [2.45, 2.75) is 25.0 Å². The number of halogens is 1. The molecule has 3 aromatic carbocycles. The van der Waals surface area contributed by atoms with E-state index < -0.39 is 41.9 Å². The van der Waals surface area contributed by atoms with Gasteiger partial charge in [-0.2, -0.15) is 5.26 Å². The molecular formula is C29H24FN5O5. The lowest BCUT2D eigenvalue weighted by Gasteiger charge is -2.25. The highest BCUT2D eigenvalue weighted by atomic mass is 19.1. The van der Waals surface area contributed by atoms with E-state index in [4.69, 9.17) is 4.74 Å². The van der Waals surface area contributed by atoms with E-state index in [9.17, 15) is 28.8 Å². The summed E-state index contributed by atoms with van der Waals surface area (Å²) in [5.74, 6) is -1.67. The van der Waals surface area contributed by atoms with Crippen molar-refractivity contribution in [2.24, 2.45) is 0 Å². The summed E-state index contributed by atoms with van der Waals surface area (Å²) in [4.78, 5) is 54.0. The van der Waals surface area contributed by atoms with Crippen LogP contribution in [-0.2, 0) is 32.9 Å². The third-order valence-corrected chi connectivity index (χ3v) is 6.98. The van der Waals surface area contributed by atoms with Crippen LogP contribution in [0.25, 0.3) is 0 Å². The zero-order valence-electron chi connectivity index (χ0n) is 21.4. The van der Waals surface area contributed by atoms with Crippen LogP contribution in [-0.4, -0.2) is 42.4 Å². The van der Waals surface area contributed by atoms with Crippen molar-refractivity contribution in [3.8, 4) is 6.07 Å². The number of amides is 5. The number of rotatable bonds is 6. The molecule has 2 N–H and O–H groups in total. The van der Waals surface area contributed by atoms with Gasteiger partial charge in [0.05, 0.1) is 18.2 Å². The molecule has 0 bridgehead atoms. The first-order valence-electron chi connectivity index (χ1n) is 12.5. The van der Waals surface area contributed by atoms with Crippen LogP contribution >= 0.6 is 0 Å². The Hall–Kier alpha value is -5.24. The molecule has 0 radical (unpaired) electrons. The number of aryl methyl sites for hydroxylation is 1. The van der Waals surface area contributed by atoms with Gasteiger partial charge >= 0.3 is 12.1 Å². The van der Waals surface area contributed by atoms with Crippen molar-refractivity contribution in [3.05, 3.63) is 94.8 Å². The molecule has 2 aliphatic rings. The molecule has 1 spiro atoms. The Bertz CT molecular complexity index is 1570. The minimum Gasteiger partial charge on any atom is -0.427 e. The second kappa shape index (κ2) is 10.5. The number of nitrogens with zero attached hydrogens (tertiary/aromatic N) is 3. The molecule has 5 amide bonds. The summed E-state index contributed by atoms with van der Waals surface area (Å²) in [6.45, 7) is -0.580. The summed E-state index contributed by atoms with van der Waals surface area (Å²) in [6.07, 6.45) is -0.312. The summed E-state index contributed by atoms with van der Waals surface area (Å²) in [5.41, 5.74) is 1.52. The van der Waals surface area contributed by atoms with Crippen LogP contribution in [0.15, 0.2) is 66.7 Å². The molecule has 1 atom stereocenters. The van der Waals surface area contributed by atoms with Crippen molar-refractivity contribution in [3.63, 3.8) is 0 Å². The first-order valence-corrected chi connectivity index (χ1v) is 12.5. The van der Waals surface area contributed by atoms with E-state index in [1.54, 1.807) is 36.4 Å². The number of anilines is 2. The maximum absolute atomic E-state index is 13.6. The van der Waals surface area contributed by atoms with Crippen LogP contribution in [0.5, 0.6) is 0 Å². The van der Waals surface area contributed by atoms with Crippen molar-refractivity contribution in [1.29, 1.82) is 5.26 Å². The molecule has 1 heterocycles. The van der Waals surface area contributed by atoms with Gasteiger partial charge in [-0.15, -0.1) is 0 Å². The van der Waals surface area contributed by atoms with Gasteiger partial charge in [0.25, 0.3) is 5.91 Å². The third-order valence-electron chi connectivity index (χ3n) is 6.98. The molecule has 0 saturated carbocycles. The van der Waals surface area contributed by atoms with Crippen molar-refractivity contribution >= 4 is 35.3 Å². The van der Waals surface area contributed by atoms with E-state index in [0.29, 0.717) is 34.5 Å². The molecule has 10 nitrogen and oxygen atoms in total. The minimum atomic E-state index is -1.55. The fourth-order valence-electron chi connectivity index (χ4n) is 4.98. The van der Waals surface area contributed by atoms with Gasteiger partial charge in [0.15, 0.2) is 0 Å². The molecule has 1 saturated heterocycles. The number of hydrogen-bond acceptors (Lipinski definition) is 6. The first kappa shape index (κ1) is 26.4. The van der Waals surface area contributed by atoms with Gasteiger partial charge in [0, 0.05) is 30.4 Å². The lowest BCUT2D eigenvalue weighted by Crippen LogP contribution is -2.44. The number of urea groups is 1. The standard InChI is InChI=1S/C29H24FN5O5/c1-32-27(38)33-22-9-10-24-20(14-22)11-12-29(24)26(37)35(28(39)40-29)17-25(36)34(16-18-5-7-21(30)8-6-18)23-4-2-3-19(13-23)15-31/h2-10,13-14H,11-12,16-17H2,1H3,(H2,32,33,38)/t29-/m1/s1. The number of imide groups is 1. The van der Waals surface area contributed by atoms with Crippen LogP contribution < -0.4 is 15.5 Å². The molecule has 40 heavy (non-hydrogen) atoms. The largest absolute Gasteiger partial charge is 0.427 e. The molecule has 1 aliphatic heterocycles. The molecule has 1 fully saturated rings. The number of hydrogen-bond donors (Lipinski definition) is 2. The Labute approximate surface area is 228 Å². The highest BCUT2D eigenvalue weighted by molar-refractivity contribution is 6.08. The normalized spacial score (nSPS) is 17.3. The molecule has 0 aromatic heterocycles. The maximum atomic E-state index is 13.6. The lowest BCUT2D eigenvalue weighted by atomic mass is 9.94. The third kappa shape index (κ3) is 4.82. The second-order valence-corrected chi connectivity index (χ2v) is 9.43. The van der Waals surface area contributed by atoms with E-state index in [2.05, 4.69) is 10.6 Å².